The van der Waals surface area contributed by atoms with E-state index in [9.17, 15) is 0 Å². The molecule has 0 saturated carbocycles. The van der Waals surface area contributed by atoms with Crippen molar-refractivity contribution < 1.29 is 0 Å². The van der Waals surface area contributed by atoms with E-state index in [-0.39, 0.29) is 0 Å². The fourth-order valence-electron chi connectivity index (χ4n) is 2.68. The van der Waals surface area contributed by atoms with Crippen LogP contribution in [0.25, 0.3) is 0 Å². The first-order chi connectivity index (χ1) is 7.72. The molecular formula is C15H31N. The zero-order chi connectivity index (χ0) is 11.8. The Kier molecular flexibility index (Phi) is 7.11. The van der Waals surface area contributed by atoms with Gasteiger partial charge in [0.25, 0.3) is 0 Å². The zero-order valence-electron chi connectivity index (χ0n) is 11.7. The highest BCUT2D eigenvalue weighted by Crippen LogP contribution is 2.20. The van der Waals surface area contributed by atoms with Gasteiger partial charge in [0, 0.05) is 0 Å². The average molecular weight is 225 g/mol. The Hall–Kier alpha value is -0.0400. The van der Waals surface area contributed by atoms with Gasteiger partial charge in [0.15, 0.2) is 0 Å². The molecule has 0 atom stereocenters. The number of hydrogen-bond donors (Lipinski definition) is 0. The lowest BCUT2D eigenvalue weighted by molar-refractivity contribution is 0.178. The van der Waals surface area contributed by atoms with E-state index in [2.05, 4.69) is 25.7 Å². The van der Waals surface area contributed by atoms with E-state index < -0.39 is 0 Å². The maximum absolute atomic E-state index is 2.68. The Balaban J connectivity index is 1.94. The van der Waals surface area contributed by atoms with E-state index in [4.69, 9.17) is 0 Å². The van der Waals surface area contributed by atoms with E-state index in [0.717, 1.165) is 11.8 Å². The lowest BCUT2D eigenvalue weighted by atomic mass is 9.94. The molecule has 1 rings (SSSR count). The van der Waals surface area contributed by atoms with Crippen molar-refractivity contribution in [2.75, 3.05) is 19.6 Å². The number of piperidine rings is 1. The summed E-state index contributed by atoms with van der Waals surface area (Å²) in [6.07, 6.45) is 9.99. The molecule has 1 saturated heterocycles. The number of hydrogen-bond acceptors (Lipinski definition) is 1. The van der Waals surface area contributed by atoms with Crippen molar-refractivity contribution in [3.63, 3.8) is 0 Å². The Morgan fingerprint density at radius 2 is 1.75 bits per heavy atom. The summed E-state index contributed by atoms with van der Waals surface area (Å²) < 4.78 is 0. The van der Waals surface area contributed by atoms with Gasteiger partial charge in [0.2, 0.25) is 0 Å². The highest BCUT2D eigenvalue weighted by molar-refractivity contribution is 4.71. The Morgan fingerprint density at radius 1 is 1.06 bits per heavy atom. The molecule has 0 aromatic heterocycles. The van der Waals surface area contributed by atoms with Crippen molar-refractivity contribution in [2.45, 2.75) is 65.7 Å². The number of likely N-dealkylation sites (tertiary alicyclic amines) is 1. The van der Waals surface area contributed by atoms with Gasteiger partial charge in [-0.3, -0.25) is 0 Å². The van der Waals surface area contributed by atoms with Crippen LogP contribution in [0.5, 0.6) is 0 Å². The van der Waals surface area contributed by atoms with Gasteiger partial charge in [0.1, 0.15) is 0 Å². The van der Waals surface area contributed by atoms with Crippen LogP contribution in [0.1, 0.15) is 65.7 Å². The van der Waals surface area contributed by atoms with Crippen molar-refractivity contribution >= 4 is 0 Å². The number of rotatable bonds is 7. The molecule has 0 aliphatic carbocycles. The minimum atomic E-state index is 0.889. The molecule has 1 fully saturated rings. The van der Waals surface area contributed by atoms with Gasteiger partial charge in [-0.2, -0.15) is 0 Å². The first kappa shape index (κ1) is 14.0. The summed E-state index contributed by atoms with van der Waals surface area (Å²) in [5.41, 5.74) is 0. The summed E-state index contributed by atoms with van der Waals surface area (Å²) in [4.78, 5) is 2.68. The normalized spacial score (nSPS) is 19.5. The lowest BCUT2D eigenvalue weighted by Gasteiger charge is -2.31. The molecular weight excluding hydrogens is 194 g/mol. The standard InChI is InChI=1S/C15H31N/c1-4-15-9-12-16(13-10-15)11-7-5-6-8-14(2)3/h14-15H,4-13H2,1-3H3. The second-order valence-corrected chi connectivity index (χ2v) is 5.94. The molecule has 1 aliphatic heterocycles. The number of nitrogens with zero attached hydrogens (tertiary/aromatic N) is 1. The molecule has 0 bridgehead atoms. The smallest absolute Gasteiger partial charge is 0.00161 e. The summed E-state index contributed by atoms with van der Waals surface area (Å²) in [5.74, 6) is 1.91. The van der Waals surface area contributed by atoms with Crippen molar-refractivity contribution in [3.8, 4) is 0 Å². The minimum Gasteiger partial charge on any atom is -0.303 e. The molecule has 0 spiro atoms. The second kappa shape index (κ2) is 8.11. The van der Waals surface area contributed by atoms with Crippen molar-refractivity contribution in [1.29, 1.82) is 0 Å². The molecule has 0 N–H and O–H groups in total. The lowest BCUT2D eigenvalue weighted by Crippen LogP contribution is -2.34. The summed E-state index contributed by atoms with van der Waals surface area (Å²) in [5, 5.41) is 0. The van der Waals surface area contributed by atoms with Gasteiger partial charge in [-0.05, 0) is 50.7 Å². The minimum absolute atomic E-state index is 0.889. The molecule has 96 valence electrons. The van der Waals surface area contributed by atoms with Crippen molar-refractivity contribution in [1.82, 2.24) is 4.90 Å². The van der Waals surface area contributed by atoms with Gasteiger partial charge < -0.3 is 4.90 Å². The first-order valence-electron chi connectivity index (χ1n) is 7.44. The van der Waals surface area contributed by atoms with Gasteiger partial charge in [-0.1, -0.05) is 46.5 Å². The topological polar surface area (TPSA) is 3.24 Å². The quantitative estimate of drug-likeness (QED) is 0.583. The highest BCUT2D eigenvalue weighted by Gasteiger charge is 2.16. The van der Waals surface area contributed by atoms with Gasteiger partial charge >= 0.3 is 0 Å². The van der Waals surface area contributed by atoms with Crippen LogP contribution in [0.4, 0.5) is 0 Å². The molecule has 16 heavy (non-hydrogen) atoms. The van der Waals surface area contributed by atoms with Crippen LogP contribution < -0.4 is 0 Å². The maximum Gasteiger partial charge on any atom is -0.00161 e. The third kappa shape index (κ3) is 5.89. The van der Waals surface area contributed by atoms with Crippen LogP contribution in [0.3, 0.4) is 0 Å². The van der Waals surface area contributed by atoms with E-state index in [1.54, 1.807) is 0 Å². The molecule has 0 unspecified atom stereocenters. The predicted molar refractivity (Wildman–Crippen MR) is 72.8 cm³/mol. The number of unbranched alkanes of at least 4 members (excludes halogenated alkanes) is 2. The van der Waals surface area contributed by atoms with Gasteiger partial charge in [-0.15, -0.1) is 0 Å². The van der Waals surface area contributed by atoms with Crippen LogP contribution in [-0.4, -0.2) is 24.5 Å². The fraction of sp³-hybridized carbons (Fsp3) is 1.00. The van der Waals surface area contributed by atoms with Crippen LogP contribution in [0.15, 0.2) is 0 Å². The monoisotopic (exact) mass is 225 g/mol. The van der Waals surface area contributed by atoms with Crippen molar-refractivity contribution in [3.05, 3.63) is 0 Å². The fourth-order valence-corrected chi connectivity index (χ4v) is 2.68. The largest absolute Gasteiger partial charge is 0.303 e. The summed E-state index contributed by atoms with van der Waals surface area (Å²) in [7, 11) is 0. The predicted octanol–water partition coefficient (Wildman–Crippen LogP) is 4.32. The van der Waals surface area contributed by atoms with Crippen LogP contribution in [0.2, 0.25) is 0 Å². The third-order valence-electron chi connectivity index (χ3n) is 4.04. The van der Waals surface area contributed by atoms with E-state index in [1.165, 1.54) is 64.6 Å². The van der Waals surface area contributed by atoms with E-state index >= 15 is 0 Å². The molecule has 1 nitrogen and oxygen atoms in total. The zero-order valence-corrected chi connectivity index (χ0v) is 11.7. The van der Waals surface area contributed by atoms with E-state index in [0.29, 0.717) is 0 Å². The Bertz CT molecular complexity index is 157. The molecule has 0 amide bonds. The molecule has 0 aromatic rings. The Labute approximate surface area is 103 Å². The summed E-state index contributed by atoms with van der Waals surface area (Å²) in [6.45, 7) is 11.1. The molecule has 0 aromatic carbocycles. The van der Waals surface area contributed by atoms with Crippen LogP contribution in [-0.2, 0) is 0 Å². The van der Waals surface area contributed by atoms with Crippen LogP contribution >= 0.6 is 0 Å². The van der Waals surface area contributed by atoms with E-state index in [1.807, 2.05) is 0 Å². The van der Waals surface area contributed by atoms with Gasteiger partial charge in [-0.25, -0.2) is 0 Å². The van der Waals surface area contributed by atoms with Crippen molar-refractivity contribution in [2.24, 2.45) is 11.8 Å². The van der Waals surface area contributed by atoms with Crippen LogP contribution in [0, 0.1) is 11.8 Å². The molecule has 1 heterocycles. The highest BCUT2D eigenvalue weighted by atomic mass is 15.1. The SMILES string of the molecule is CCC1CCN(CCCCCC(C)C)CC1. The Morgan fingerprint density at radius 3 is 2.31 bits per heavy atom. The van der Waals surface area contributed by atoms with Gasteiger partial charge in [0.05, 0.1) is 0 Å². The molecule has 1 heteroatoms. The second-order valence-electron chi connectivity index (χ2n) is 5.94. The maximum atomic E-state index is 2.68. The average Bonchev–Trinajstić information content (AvgIpc) is 2.29. The molecule has 0 radical (unpaired) electrons. The molecule has 1 aliphatic rings. The third-order valence-corrected chi connectivity index (χ3v) is 4.04. The summed E-state index contributed by atoms with van der Waals surface area (Å²) in [6, 6.07) is 0. The summed E-state index contributed by atoms with van der Waals surface area (Å²) >= 11 is 0. The first-order valence-corrected chi connectivity index (χ1v) is 7.44.